The van der Waals surface area contributed by atoms with Crippen LogP contribution < -0.4 is 0 Å². The Morgan fingerprint density at radius 2 is 1.80 bits per heavy atom. The van der Waals surface area contributed by atoms with E-state index in [1.807, 2.05) is 63.2 Å². The molecule has 0 aromatic heterocycles. The molecule has 3 rings (SSSR count). The van der Waals surface area contributed by atoms with Crippen LogP contribution in [0, 0.1) is 13.8 Å². The lowest BCUT2D eigenvalue weighted by atomic mass is 9.82. The summed E-state index contributed by atoms with van der Waals surface area (Å²) in [4.78, 5) is 28.2. The summed E-state index contributed by atoms with van der Waals surface area (Å²) in [6.45, 7) is 8.75. The van der Waals surface area contributed by atoms with Crippen molar-refractivity contribution in [2.75, 3.05) is 6.61 Å². The van der Waals surface area contributed by atoms with Gasteiger partial charge in [0.05, 0.1) is 18.7 Å². The van der Waals surface area contributed by atoms with Gasteiger partial charge in [0.1, 0.15) is 0 Å². The highest BCUT2D eigenvalue weighted by Crippen LogP contribution is 2.39. The molecule has 0 bridgehead atoms. The van der Waals surface area contributed by atoms with E-state index in [9.17, 15) is 9.59 Å². The lowest BCUT2D eigenvalue weighted by Gasteiger charge is -2.36. The SMILES string of the molecule is CCCC1=C(C(=O)OCC)C(c2ccc(C)cc2)CC(=O)N1Cc1cccc(C)c1. The number of benzene rings is 2. The second-order valence-electron chi connectivity index (χ2n) is 7.97. The molecule has 0 N–H and O–H groups in total. The summed E-state index contributed by atoms with van der Waals surface area (Å²) in [5.74, 6) is -0.528. The first-order chi connectivity index (χ1) is 14.4. The van der Waals surface area contributed by atoms with E-state index in [2.05, 4.69) is 13.0 Å². The summed E-state index contributed by atoms with van der Waals surface area (Å²) < 4.78 is 5.45. The normalized spacial score (nSPS) is 16.7. The topological polar surface area (TPSA) is 46.6 Å². The first kappa shape index (κ1) is 21.8. The highest BCUT2D eigenvalue weighted by atomic mass is 16.5. The number of ether oxygens (including phenoxy) is 1. The Kier molecular flexibility index (Phi) is 7.09. The van der Waals surface area contributed by atoms with Crippen LogP contribution in [-0.4, -0.2) is 23.4 Å². The molecule has 0 saturated carbocycles. The van der Waals surface area contributed by atoms with Crippen molar-refractivity contribution in [3.8, 4) is 0 Å². The van der Waals surface area contributed by atoms with Gasteiger partial charge in [-0.25, -0.2) is 4.79 Å². The summed E-state index contributed by atoms with van der Waals surface area (Å²) in [6.07, 6.45) is 1.78. The molecule has 0 saturated heterocycles. The molecule has 1 aliphatic heterocycles. The Morgan fingerprint density at radius 1 is 1.07 bits per heavy atom. The molecule has 30 heavy (non-hydrogen) atoms. The van der Waals surface area contributed by atoms with Crippen molar-refractivity contribution < 1.29 is 14.3 Å². The van der Waals surface area contributed by atoms with Gasteiger partial charge in [0.25, 0.3) is 0 Å². The fourth-order valence-electron chi connectivity index (χ4n) is 4.12. The highest BCUT2D eigenvalue weighted by Gasteiger charge is 2.38. The van der Waals surface area contributed by atoms with Crippen LogP contribution in [0.3, 0.4) is 0 Å². The van der Waals surface area contributed by atoms with Gasteiger partial charge in [-0.1, -0.05) is 73.0 Å². The summed E-state index contributed by atoms with van der Waals surface area (Å²) in [5, 5.41) is 0. The molecule has 0 spiro atoms. The highest BCUT2D eigenvalue weighted by molar-refractivity contribution is 5.96. The number of carbonyl (C=O) groups is 2. The summed E-state index contributed by atoms with van der Waals surface area (Å²) >= 11 is 0. The van der Waals surface area contributed by atoms with Crippen LogP contribution in [0.4, 0.5) is 0 Å². The van der Waals surface area contributed by atoms with E-state index in [0.29, 0.717) is 25.1 Å². The van der Waals surface area contributed by atoms with Gasteiger partial charge >= 0.3 is 5.97 Å². The maximum Gasteiger partial charge on any atom is 0.336 e. The average Bonchev–Trinajstić information content (AvgIpc) is 2.71. The van der Waals surface area contributed by atoms with Crippen LogP contribution in [0.5, 0.6) is 0 Å². The molecule has 4 nitrogen and oxygen atoms in total. The number of nitrogens with zero attached hydrogens (tertiary/aromatic N) is 1. The summed E-state index contributed by atoms with van der Waals surface area (Å²) in [6, 6.07) is 16.3. The Hall–Kier alpha value is -2.88. The molecule has 1 aliphatic rings. The zero-order valence-corrected chi connectivity index (χ0v) is 18.4. The van der Waals surface area contributed by atoms with Crippen molar-refractivity contribution in [2.45, 2.75) is 59.4 Å². The number of carbonyl (C=O) groups excluding carboxylic acids is 2. The van der Waals surface area contributed by atoms with E-state index in [-0.39, 0.29) is 24.2 Å². The van der Waals surface area contributed by atoms with Crippen LogP contribution in [-0.2, 0) is 20.9 Å². The van der Waals surface area contributed by atoms with E-state index >= 15 is 0 Å². The minimum atomic E-state index is -0.312. The zero-order valence-electron chi connectivity index (χ0n) is 18.4. The minimum absolute atomic E-state index is 0.0542. The molecule has 0 radical (unpaired) electrons. The molecule has 158 valence electrons. The Balaban J connectivity index is 2.10. The van der Waals surface area contributed by atoms with Crippen LogP contribution in [0.25, 0.3) is 0 Å². The van der Waals surface area contributed by atoms with E-state index in [0.717, 1.165) is 34.4 Å². The molecule has 1 amide bonds. The third kappa shape index (κ3) is 4.81. The first-order valence-corrected chi connectivity index (χ1v) is 10.8. The Morgan fingerprint density at radius 3 is 2.43 bits per heavy atom. The van der Waals surface area contributed by atoms with Crippen LogP contribution in [0.2, 0.25) is 0 Å². The number of hydrogen-bond donors (Lipinski definition) is 0. The Bertz CT molecular complexity index is 943. The number of allylic oxidation sites excluding steroid dienone is 1. The predicted molar refractivity (Wildman–Crippen MR) is 119 cm³/mol. The molecule has 0 aliphatic carbocycles. The van der Waals surface area contributed by atoms with Crippen molar-refractivity contribution >= 4 is 11.9 Å². The van der Waals surface area contributed by atoms with Crippen molar-refractivity contribution in [1.29, 1.82) is 0 Å². The van der Waals surface area contributed by atoms with Gasteiger partial charge in [-0.2, -0.15) is 0 Å². The molecule has 1 heterocycles. The standard InChI is InChI=1S/C26H31NO3/c1-5-8-23-25(26(29)30-6-2)22(21-13-11-18(3)12-14-21)16-24(28)27(23)17-20-10-7-9-19(4)15-20/h7,9-15,22H,5-6,8,16-17H2,1-4H3. The van der Waals surface area contributed by atoms with Gasteiger partial charge in [-0.15, -0.1) is 0 Å². The molecule has 1 atom stereocenters. The van der Waals surface area contributed by atoms with Crippen molar-refractivity contribution in [3.05, 3.63) is 82.1 Å². The predicted octanol–water partition coefficient (Wildman–Crippen LogP) is 5.44. The first-order valence-electron chi connectivity index (χ1n) is 10.8. The van der Waals surface area contributed by atoms with Crippen molar-refractivity contribution in [1.82, 2.24) is 4.90 Å². The van der Waals surface area contributed by atoms with Gasteiger partial charge in [-0.3, -0.25) is 4.79 Å². The number of aryl methyl sites for hydroxylation is 2. The molecule has 4 heteroatoms. The molecule has 2 aromatic rings. The molecular formula is C26H31NO3. The Labute approximate surface area is 179 Å². The van der Waals surface area contributed by atoms with E-state index in [1.165, 1.54) is 0 Å². The zero-order chi connectivity index (χ0) is 21.7. The third-order valence-electron chi connectivity index (χ3n) is 5.55. The van der Waals surface area contributed by atoms with Gasteiger partial charge in [-0.05, 0) is 38.3 Å². The number of rotatable bonds is 7. The van der Waals surface area contributed by atoms with E-state index in [4.69, 9.17) is 4.74 Å². The van der Waals surface area contributed by atoms with Gasteiger partial charge < -0.3 is 9.64 Å². The van der Waals surface area contributed by atoms with Crippen LogP contribution in [0.15, 0.2) is 59.8 Å². The molecule has 2 aromatic carbocycles. The lowest BCUT2D eigenvalue weighted by molar-refractivity contribution is -0.140. The smallest absolute Gasteiger partial charge is 0.336 e. The van der Waals surface area contributed by atoms with Crippen LogP contribution in [0.1, 0.15) is 61.3 Å². The number of esters is 1. The number of amides is 1. The van der Waals surface area contributed by atoms with Gasteiger partial charge in [0.15, 0.2) is 0 Å². The summed E-state index contributed by atoms with van der Waals surface area (Å²) in [7, 11) is 0. The second-order valence-corrected chi connectivity index (χ2v) is 7.97. The van der Waals surface area contributed by atoms with E-state index < -0.39 is 0 Å². The van der Waals surface area contributed by atoms with E-state index in [1.54, 1.807) is 4.90 Å². The fraction of sp³-hybridized carbons (Fsp3) is 0.385. The monoisotopic (exact) mass is 405 g/mol. The number of hydrogen-bond acceptors (Lipinski definition) is 3. The maximum atomic E-state index is 13.3. The fourth-order valence-corrected chi connectivity index (χ4v) is 4.12. The minimum Gasteiger partial charge on any atom is -0.463 e. The maximum absolute atomic E-state index is 13.3. The van der Waals surface area contributed by atoms with Gasteiger partial charge in [0, 0.05) is 18.0 Å². The van der Waals surface area contributed by atoms with Crippen molar-refractivity contribution in [3.63, 3.8) is 0 Å². The molecule has 1 unspecified atom stereocenters. The van der Waals surface area contributed by atoms with Crippen molar-refractivity contribution in [2.24, 2.45) is 0 Å². The lowest BCUT2D eigenvalue weighted by Crippen LogP contribution is -2.39. The third-order valence-corrected chi connectivity index (χ3v) is 5.55. The summed E-state index contributed by atoms with van der Waals surface area (Å²) in [5.41, 5.74) is 5.79. The second kappa shape index (κ2) is 9.75. The molecular weight excluding hydrogens is 374 g/mol. The van der Waals surface area contributed by atoms with Crippen LogP contribution >= 0.6 is 0 Å². The molecule has 0 fully saturated rings. The van der Waals surface area contributed by atoms with Gasteiger partial charge in [0.2, 0.25) is 5.91 Å². The average molecular weight is 406 g/mol. The largest absolute Gasteiger partial charge is 0.463 e. The quantitative estimate of drug-likeness (QED) is 0.577.